The van der Waals surface area contributed by atoms with Gasteiger partial charge in [0.15, 0.2) is 0 Å². The molecule has 0 aliphatic heterocycles. The van der Waals surface area contributed by atoms with E-state index >= 15 is 0 Å². The molecule has 4 heteroatoms. The number of hydrogen-bond acceptors (Lipinski definition) is 2. The molecule has 0 amide bonds. The summed E-state index contributed by atoms with van der Waals surface area (Å²) < 4.78 is 0.767. The normalized spacial score (nSPS) is 11.2. The minimum atomic E-state index is 0.735. The van der Waals surface area contributed by atoms with Crippen LogP contribution in [-0.2, 0) is 0 Å². The molecule has 0 aliphatic rings. The summed E-state index contributed by atoms with van der Waals surface area (Å²) in [5.41, 5.74) is 1.90. The van der Waals surface area contributed by atoms with E-state index in [-0.39, 0.29) is 0 Å². The Hall–Kier alpha value is -0.830. The number of benzene rings is 1. The number of nitrogens with zero attached hydrogens (tertiary/aromatic N) is 1. The number of aryl methyl sites for hydroxylation is 1. The van der Waals surface area contributed by atoms with E-state index in [1.54, 1.807) is 6.21 Å². The smallest absolute Gasteiger partial charge is 0.0935 e. The van der Waals surface area contributed by atoms with Crippen molar-refractivity contribution < 1.29 is 0 Å². The molecule has 0 bridgehead atoms. The summed E-state index contributed by atoms with van der Waals surface area (Å²) in [6.07, 6.45) is 1.79. The van der Waals surface area contributed by atoms with Gasteiger partial charge in [-0.15, -0.1) is 11.3 Å². The monoisotopic (exact) mass is 269 g/mol. The molecule has 82 valence electrons. The summed E-state index contributed by atoms with van der Waals surface area (Å²) in [5.74, 6) is 0. The second-order valence-electron chi connectivity index (χ2n) is 3.33. The van der Waals surface area contributed by atoms with E-state index in [1.807, 2.05) is 37.3 Å². The van der Waals surface area contributed by atoms with Crippen molar-refractivity contribution >= 4 is 46.4 Å². The lowest BCUT2D eigenvalue weighted by Gasteiger charge is -1.97. The van der Waals surface area contributed by atoms with Crippen molar-refractivity contribution in [3.05, 3.63) is 50.1 Å². The molecular formula is C12H9Cl2NS. The fourth-order valence-corrected chi connectivity index (χ4v) is 2.31. The molecule has 0 aliphatic carbocycles. The molecule has 0 radical (unpaired) electrons. The van der Waals surface area contributed by atoms with Gasteiger partial charge in [-0.3, -0.25) is 4.99 Å². The Kier molecular flexibility index (Phi) is 3.64. The van der Waals surface area contributed by atoms with Crippen LogP contribution in [0.15, 0.2) is 35.3 Å². The van der Waals surface area contributed by atoms with Gasteiger partial charge < -0.3 is 0 Å². The van der Waals surface area contributed by atoms with Gasteiger partial charge >= 0.3 is 0 Å². The van der Waals surface area contributed by atoms with Crippen LogP contribution in [0, 0.1) is 6.92 Å². The molecule has 0 fully saturated rings. The molecule has 1 nitrogen and oxygen atoms in total. The van der Waals surface area contributed by atoms with Crippen LogP contribution in [0.2, 0.25) is 9.36 Å². The molecule has 1 aromatic heterocycles. The van der Waals surface area contributed by atoms with E-state index in [4.69, 9.17) is 23.2 Å². The van der Waals surface area contributed by atoms with Gasteiger partial charge in [0.05, 0.1) is 10.0 Å². The molecule has 1 heterocycles. The lowest BCUT2D eigenvalue weighted by Crippen LogP contribution is -1.75. The minimum absolute atomic E-state index is 0.735. The molecule has 0 saturated heterocycles. The Morgan fingerprint density at radius 2 is 2.00 bits per heavy atom. The highest BCUT2D eigenvalue weighted by molar-refractivity contribution is 7.17. The van der Waals surface area contributed by atoms with Crippen LogP contribution in [0.25, 0.3) is 0 Å². The third-order valence-electron chi connectivity index (χ3n) is 2.09. The van der Waals surface area contributed by atoms with Gasteiger partial charge in [0, 0.05) is 16.1 Å². The molecule has 0 spiro atoms. The van der Waals surface area contributed by atoms with Crippen LogP contribution < -0.4 is 0 Å². The second kappa shape index (κ2) is 5.00. The molecule has 1 aromatic carbocycles. The lowest BCUT2D eigenvalue weighted by molar-refractivity contribution is 1.44. The van der Waals surface area contributed by atoms with Gasteiger partial charge in [-0.1, -0.05) is 29.3 Å². The number of thiophene rings is 1. The van der Waals surface area contributed by atoms with Gasteiger partial charge in [-0.2, -0.15) is 0 Å². The SMILES string of the molecule is Cc1ccc(N=Cc2ccc(Cl)s2)cc1Cl. The van der Waals surface area contributed by atoms with E-state index in [0.717, 1.165) is 25.5 Å². The quantitative estimate of drug-likeness (QED) is 0.672. The highest BCUT2D eigenvalue weighted by Gasteiger charge is 1.97. The van der Waals surface area contributed by atoms with Gasteiger partial charge in [-0.25, -0.2) is 0 Å². The van der Waals surface area contributed by atoms with E-state index in [9.17, 15) is 0 Å². The largest absolute Gasteiger partial charge is 0.255 e. The summed E-state index contributed by atoms with van der Waals surface area (Å²) >= 11 is 13.3. The summed E-state index contributed by atoms with van der Waals surface area (Å²) in [4.78, 5) is 5.36. The third-order valence-corrected chi connectivity index (χ3v) is 3.66. The fourth-order valence-electron chi connectivity index (χ4n) is 1.20. The molecule has 0 N–H and O–H groups in total. The van der Waals surface area contributed by atoms with Crippen LogP contribution in [0.3, 0.4) is 0 Å². The van der Waals surface area contributed by atoms with Crippen LogP contribution >= 0.6 is 34.5 Å². The lowest BCUT2D eigenvalue weighted by atomic mass is 10.2. The van der Waals surface area contributed by atoms with E-state index in [1.165, 1.54) is 11.3 Å². The highest BCUT2D eigenvalue weighted by Crippen LogP contribution is 2.23. The Bertz CT molecular complexity index is 532. The second-order valence-corrected chi connectivity index (χ2v) is 5.49. The van der Waals surface area contributed by atoms with Crippen molar-refractivity contribution in [2.75, 3.05) is 0 Å². The average molecular weight is 270 g/mol. The first-order valence-corrected chi connectivity index (χ1v) is 6.28. The maximum absolute atomic E-state index is 6.01. The van der Waals surface area contributed by atoms with Crippen molar-refractivity contribution in [3.63, 3.8) is 0 Å². The predicted octanol–water partition coefficient (Wildman–Crippen LogP) is 5.11. The van der Waals surface area contributed by atoms with Crippen LogP contribution in [0.4, 0.5) is 5.69 Å². The van der Waals surface area contributed by atoms with E-state index in [0.29, 0.717) is 0 Å². The van der Waals surface area contributed by atoms with Crippen molar-refractivity contribution in [2.45, 2.75) is 6.92 Å². The molecule has 0 atom stereocenters. The average Bonchev–Trinajstić information content (AvgIpc) is 2.66. The zero-order chi connectivity index (χ0) is 11.5. The molecule has 0 unspecified atom stereocenters. The summed E-state index contributed by atoms with van der Waals surface area (Å²) in [6, 6.07) is 9.54. The first kappa shape index (κ1) is 11.6. The van der Waals surface area contributed by atoms with Crippen molar-refractivity contribution in [2.24, 2.45) is 4.99 Å². The number of rotatable bonds is 2. The maximum atomic E-state index is 6.01. The van der Waals surface area contributed by atoms with Gasteiger partial charge in [0.1, 0.15) is 0 Å². The Morgan fingerprint density at radius 3 is 2.62 bits per heavy atom. The van der Waals surface area contributed by atoms with Crippen molar-refractivity contribution in [1.82, 2.24) is 0 Å². The fraction of sp³-hybridized carbons (Fsp3) is 0.0833. The zero-order valence-corrected chi connectivity index (χ0v) is 10.9. The van der Waals surface area contributed by atoms with E-state index in [2.05, 4.69) is 4.99 Å². The Balaban J connectivity index is 2.20. The Morgan fingerprint density at radius 1 is 1.19 bits per heavy atom. The molecule has 16 heavy (non-hydrogen) atoms. The molecule has 2 rings (SSSR count). The number of aliphatic imine (C=N–C) groups is 1. The summed E-state index contributed by atoms with van der Waals surface area (Å²) in [7, 11) is 0. The predicted molar refractivity (Wildman–Crippen MR) is 72.8 cm³/mol. The van der Waals surface area contributed by atoms with Gasteiger partial charge in [0.25, 0.3) is 0 Å². The molecule has 0 saturated carbocycles. The Labute approximate surface area is 108 Å². The molecule has 2 aromatic rings. The van der Waals surface area contributed by atoms with Crippen LogP contribution in [-0.4, -0.2) is 6.21 Å². The summed E-state index contributed by atoms with van der Waals surface area (Å²) in [6.45, 7) is 1.97. The molecular weight excluding hydrogens is 261 g/mol. The third kappa shape index (κ3) is 2.85. The first-order chi connectivity index (χ1) is 7.65. The minimum Gasteiger partial charge on any atom is -0.255 e. The first-order valence-electron chi connectivity index (χ1n) is 4.71. The summed E-state index contributed by atoms with van der Waals surface area (Å²) in [5, 5.41) is 0.735. The van der Waals surface area contributed by atoms with Crippen molar-refractivity contribution in [1.29, 1.82) is 0 Å². The number of halogens is 2. The van der Waals surface area contributed by atoms with Gasteiger partial charge in [0.2, 0.25) is 0 Å². The van der Waals surface area contributed by atoms with Gasteiger partial charge in [-0.05, 0) is 36.8 Å². The zero-order valence-electron chi connectivity index (χ0n) is 8.58. The maximum Gasteiger partial charge on any atom is 0.0935 e. The topological polar surface area (TPSA) is 12.4 Å². The highest BCUT2D eigenvalue weighted by atomic mass is 35.5. The number of hydrogen-bond donors (Lipinski definition) is 0. The van der Waals surface area contributed by atoms with Crippen molar-refractivity contribution in [3.8, 4) is 0 Å². The van der Waals surface area contributed by atoms with E-state index < -0.39 is 0 Å². The standard InChI is InChI=1S/C12H9Cl2NS/c1-8-2-3-9(6-11(8)13)15-7-10-4-5-12(14)16-10/h2-7H,1H3. The van der Waals surface area contributed by atoms with Crippen LogP contribution in [0.5, 0.6) is 0 Å². The van der Waals surface area contributed by atoms with Crippen LogP contribution in [0.1, 0.15) is 10.4 Å².